The van der Waals surface area contributed by atoms with E-state index in [1.807, 2.05) is 60.7 Å². The van der Waals surface area contributed by atoms with Crippen LogP contribution in [0.5, 0.6) is 0 Å². The number of amides is 1. The van der Waals surface area contributed by atoms with Gasteiger partial charge in [-0.05, 0) is 55.1 Å². The molecule has 0 saturated heterocycles. The van der Waals surface area contributed by atoms with Gasteiger partial charge in [0.1, 0.15) is 6.61 Å². The average Bonchev–Trinajstić information content (AvgIpc) is 2.81. The van der Waals surface area contributed by atoms with Gasteiger partial charge in [0.05, 0.1) is 11.2 Å². The Morgan fingerprint density at radius 2 is 1.53 bits per heavy atom. The number of nitrogens with one attached hydrogen (secondary N) is 1. The van der Waals surface area contributed by atoms with E-state index >= 15 is 0 Å². The largest absolute Gasteiger partial charge is 0.482 e. The molecule has 3 atom stereocenters. The molecule has 1 radical (unpaired) electrons. The molecule has 5 rings (SSSR count). The molecule has 2 bridgehead atoms. The van der Waals surface area contributed by atoms with Gasteiger partial charge in [-0.3, -0.25) is 0 Å². The Labute approximate surface area is 203 Å². The summed E-state index contributed by atoms with van der Waals surface area (Å²) in [5, 5.41) is 37.0. The predicted octanol–water partition coefficient (Wildman–Crippen LogP) is 2.97. The van der Waals surface area contributed by atoms with Crippen LogP contribution < -0.4 is 5.32 Å². The summed E-state index contributed by atoms with van der Waals surface area (Å²) in [4.78, 5) is 11.5. The molecule has 0 aliphatic heterocycles. The van der Waals surface area contributed by atoms with Crippen LogP contribution in [0.25, 0.3) is 0 Å². The highest BCUT2D eigenvalue weighted by atomic mass is 16.5. The number of fused-ring (bicyclic) bond motifs is 2. The first-order valence-corrected chi connectivity index (χ1v) is 11.6. The van der Waals surface area contributed by atoms with Crippen LogP contribution in [0.2, 0.25) is 0 Å². The van der Waals surface area contributed by atoms with E-state index in [-0.39, 0.29) is 19.2 Å². The number of aliphatic hydroxyl groups is 2. The minimum absolute atomic E-state index is 0. The standard InChI is InChI=1S/C16H17NO2.C10H18O2.BH2O2/c18-16(19-13-15-9-5-2-6-10-15)17-12-11-14-7-3-1-4-8-14;1-8(2)7-4-5-9(3,11)10(8,12)6-7;2-1-3/h1-10H,11-13H2,(H,17,18);7,11-12H,4-6H2,1-3H3;2-3H. The van der Waals surface area contributed by atoms with E-state index in [2.05, 4.69) is 19.2 Å². The first-order valence-electron chi connectivity index (χ1n) is 11.6. The average molecular weight is 470 g/mol. The Kier molecular flexibility index (Phi) is 10.1. The van der Waals surface area contributed by atoms with Crippen LogP contribution in [0.1, 0.15) is 51.2 Å². The summed E-state index contributed by atoms with van der Waals surface area (Å²) < 4.78 is 5.12. The molecule has 2 aromatic carbocycles. The third-order valence-corrected chi connectivity index (χ3v) is 7.24. The highest BCUT2D eigenvalue weighted by Crippen LogP contribution is 2.65. The quantitative estimate of drug-likeness (QED) is 0.429. The van der Waals surface area contributed by atoms with E-state index in [1.165, 1.54) is 5.56 Å². The first kappa shape index (κ1) is 27.9. The Morgan fingerprint density at radius 3 is 2.00 bits per heavy atom. The van der Waals surface area contributed by atoms with E-state index in [0.29, 0.717) is 19.1 Å². The third kappa shape index (κ3) is 6.82. The number of carbonyl (C=O) groups excluding carboxylic acids is 1. The fourth-order valence-electron chi connectivity index (χ4n) is 4.85. The summed E-state index contributed by atoms with van der Waals surface area (Å²) in [6.07, 6.45) is 3.02. The van der Waals surface area contributed by atoms with Gasteiger partial charge in [-0.1, -0.05) is 74.5 Å². The van der Waals surface area contributed by atoms with Gasteiger partial charge in [0.25, 0.3) is 0 Å². The monoisotopic (exact) mass is 470 g/mol. The highest BCUT2D eigenvalue weighted by Gasteiger charge is 2.69. The Morgan fingerprint density at radius 1 is 1.00 bits per heavy atom. The number of hydrogen-bond donors (Lipinski definition) is 5. The molecule has 3 unspecified atom stereocenters. The van der Waals surface area contributed by atoms with Crippen molar-refractivity contribution in [3.8, 4) is 0 Å². The van der Waals surface area contributed by atoms with Gasteiger partial charge in [0, 0.05) is 6.54 Å². The number of ether oxygens (including phenoxy) is 1. The van der Waals surface area contributed by atoms with E-state index < -0.39 is 11.2 Å². The summed E-state index contributed by atoms with van der Waals surface area (Å²) in [5.41, 5.74) is 0.398. The second-order valence-electron chi connectivity index (χ2n) is 9.64. The SMILES string of the molecule is CC1(O)CCC2CC1(O)C2(C)C.O=C(NCCc1ccccc1)OCc1ccccc1.O[B]O. The normalized spacial score (nSPS) is 25.8. The zero-order valence-corrected chi connectivity index (χ0v) is 20.3. The Bertz CT molecular complexity index is 867. The molecule has 0 spiro atoms. The van der Waals surface area contributed by atoms with E-state index in [0.717, 1.165) is 31.2 Å². The van der Waals surface area contributed by atoms with Crippen molar-refractivity contribution in [2.45, 2.75) is 64.3 Å². The van der Waals surface area contributed by atoms with Gasteiger partial charge in [-0.25, -0.2) is 4.79 Å². The molecule has 3 aliphatic rings. The van der Waals surface area contributed by atoms with Gasteiger partial charge in [0.2, 0.25) is 0 Å². The van der Waals surface area contributed by atoms with Gasteiger partial charge < -0.3 is 30.3 Å². The molecule has 3 aliphatic carbocycles. The van der Waals surface area contributed by atoms with Crippen LogP contribution in [0.3, 0.4) is 0 Å². The summed E-state index contributed by atoms with van der Waals surface area (Å²) in [5.74, 6) is 0.614. The lowest BCUT2D eigenvalue weighted by Gasteiger charge is -2.68. The number of alkyl carbamates (subject to hydrolysis) is 1. The molecule has 0 heterocycles. The number of rotatable bonds is 5. The number of benzene rings is 2. The van der Waals surface area contributed by atoms with E-state index in [1.54, 1.807) is 6.92 Å². The van der Waals surface area contributed by atoms with Gasteiger partial charge >= 0.3 is 13.8 Å². The van der Waals surface area contributed by atoms with Crippen molar-refractivity contribution in [1.29, 1.82) is 0 Å². The van der Waals surface area contributed by atoms with Crippen LogP contribution in [0.4, 0.5) is 4.79 Å². The van der Waals surface area contributed by atoms with Crippen molar-refractivity contribution in [3.05, 3.63) is 71.8 Å². The van der Waals surface area contributed by atoms with Crippen molar-refractivity contribution in [1.82, 2.24) is 5.32 Å². The smallest absolute Gasteiger partial charge is 0.445 e. The summed E-state index contributed by atoms with van der Waals surface area (Å²) in [6, 6.07) is 19.7. The Hall–Kier alpha value is -2.39. The second kappa shape index (κ2) is 12.4. The van der Waals surface area contributed by atoms with Crippen molar-refractivity contribution in [2.24, 2.45) is 11.3 Å². The van der Waals surface area contributed by atoms with Gasteiger partial charge in [0.15, 0.2) is 0 Å². The van der Waals surface area contributed by atoms with Gasteiger partial charge in [-0.15, -0.1) is 0 Å². The molecule has 5 N–H and O–H groups in total. The fraction of sp³-hybridized carbons (Fsp3) is 0.500. The molecular formula is C26H37BNO6. The van der Waals surface area contributed by atoms with Crippen LogP contribution in [0, 0.1) is 11.3 Å². The van der Waals surface area contributed by atoms with Crippen LogP contribution >= 0.6 is 0 Å². The third-order valence-electron chi connectivity index (χ3n) is 7.24. The highest BCUT2D eigenvalue weighted by molar-refractivity contribution is 6.13. The minimum Gasteiger partial charge on any atom is -0.445 e. The topological polar surface area (TPSA) is 119 Å². The van der Waals surface area contributed by atoms with Crippen LogP contribution in [-0.4, -0.2) is 51.8 Å². The van der Waals surface area contributed by atoms with Crippen molar-refractivity contribution < 1.29 is 29.8 Å². The van der Waals surface area contributed by atoms with Crippen molar-refractivity contribution in [3.63, 3.8) is 0 Å². The fourth-order valence-corrected chi connectivity index (χ4v) is 4.85. The maximum atomic E-state index is 11.5. The lowest BCUT2D eigenvalue weighted by Crippen LogP contribution is -2.74. The molecule has 7 nitrogen and oxygen atoms in total. The predicted molar refractivity (Wildman–Crippen MR) is 132 cm³/mol. The maximum absolute atomic E-state index is 11.5. The summed E-state index contributed by atoms with van der Waals surface area (Å²) >= 11 is 0. The van der Waals surface area contributed by atoms with E-state index in [4.69, 9.17) is 14.8 Å². The van der Waals surface area contributed by atoms with Crippen LogP contribution in [-0.2, 0) is 17.8 Å². The number of hydrogen-bond acceptors (Lipinski definition) is 6. The van der Waals surface area contributed by atoms with E-state index in [9.17, 15) is 15.0 Å². The van der Waals surface area contributed by atoms with Crippen molar-refractivity contribution >= 4 is 13.8 Å². The zero-order chi connectivity index (χ0) is 25.2. The minimum atomic E-state index is -0.870. The lowest BCUT2D eigenvalue weighted by molar-refractivity contribution is -0.312. The second-order valence-corrected chi connectivity index (χ2v) is 9.64. The van der Waals surface area contributed by atoms with Crippen molar-refractivity contribution in [2.75, 3.05) is 6.54 Å². The van der Waals surface area contributed by atoms with Gasteiger partial charge in [-0.2, -0.15) is 0 Å². The molecule has 3 fully saturated rings. The zero-order valence-electron chi connectivity index (χ0n) is 20.3. The molecule has 2 aromatic rings. The molecule has 34 heavy (non-hydrogen) atoms. The summed E-state index contributed by atoms with van der Waals surface area (Å²) in [7, 11) is 0. The van der Waals surface area contributed by atoms with Crippen LogP contribution in [0.15, 0.2) is 60.7 Å². The molecule has 1 amide bonds. The molecule has 8 heteroatoms. The Balaban J connectivity index is 0.000000232. The summed E-state index contributed by atoms with van der Waals surface area (Å²) in [6.45, 7) is 6.78. The first-order chi connectivity index (χ1) is 16.1. The number of carbonyl (C=O) groups is 1. The molecule has 3 saturated carbocycles. The molecular weight excluding hydrogens is 433 g/mol. The molecule has 185 valence electrons. The maximum Gasteiger partial charge on any atom is 0.482 e. The molecule has 0 aromatic heterocycles. The lowest BCUT2D eigenvalue weighted by atomic mass is 9.41.